The maximum absolute atomic E-state index is 14.2. The number of carbonyl (C=O) groups excluding carboxylic acids is 1. The van der Waals surface area contributed by atoms with E-state index in [2.05, 4.69) is 10.2 Å². The Hall–Kier alpha value is -1.66. The van der Waals surface area contributed by atoms with Crippen molar-refractivity contribution in [1.82, 2.24) is 10.2 Å². The van der Waals surface area contributed by atoms with E-state index in [1.807, 2.05) is 0 Å². The molecule has 1 aromatic carbocycles. The fourth-order valence-electron chi connectivity index (χ4n) is 3.29. The van der Waals surface area contributed by atoms with Crippen LogP contribution in [0, 0.1) is 5.82 Å². The van der Waals surface area contributed by atoms with Crippen LogP contribution in [-0.2, 0) is 16.1 Å². The molecule has 1 saturated heterocycles. The number of halogens is 1. The van der Waals surface area contributed by atoms with Gasteiger partial charge in [0, 0.05) is 45.3 Å². The average Bonchev–Trinajstić information content (AvgIpc) is 2.61. The quantitative estimate of drug-likeness (QED) is 0.829. The van der Waals surface area contributed by atoms with Crippen molar-refractivity contribution in [2.45, 2.75) is 37.8 Å². The minimum absolute atomic E-state index is 0.0183. The van der Waals surface area contributed by atoms with Crippen molar-refractivity contribution in [2.75, 3.05) is 34.4 Å². The van der Waals surface area contributed by atoms with Gasteiger partial charge in [0.2, 0.25) is 5.91 Å². The minimum atomic E-state index is -0.340. The summed E-state index contributed by atoms with van der Waals surface area (Å²) in [5.74, 6) is 0.282. The van der Waals surface area contributed by atoms with Crippen LogP contribution in [0.15, 0.2) is 18.2 Å². The second-order valence-corrected chi connectivity index (χ2v) is 6.33. The van der Waals surface area contributed by atoms with Crippen molar-refractivity contribution in [3.8, 4) is 5.75 Å². The summed E-state index contributed by atoms with van der Waals surface area (Å²) in [6.45, 7) is 2.13. The fraction of sp³-hybridized carbons (Fsp3) is 0.611. The third-order valence-corrected chi connectivity index (χ3v) is 4.79. The van der Waals surface area contributed by atoms with Gasteiger partial charge in [-0.1, -0.05) is 6.07 Å². The number of rotatable bonds is 7. The Morgan fingerprint density at radius 2 is 2.21 bits per heavy atom. The highest BCUT2D eigenvalue weighted by Crippen LogP contribution is 2.30. The van der Waals surface area contributed by atoms with Crippen molar-refractivity contribution in [3.63, 3.8) is 0 Å². The number of nitrogens with one attached hydrogen (secondary N) is 1. The van der Waals surface area contributed by atoms with Gasteiger partial charge in [-0.15, -0.1) is 0 Å². The summed E-state index contributed by atoms with van der Waals surface area (Å²) >= 11 is 0. The van der Waals surface area contributed by atoms with E-state index in [9.17, 15) is 9.18 Å². The molecule has 1 N–H and O–H groups in total. The Bertz CT molecular complexity index is 567. The van der Waals surface area contributed by atoms with Gasteiger partial charge in [-0.05, 0) is 31.9 Å². The molecule has 1 fully saturated rings. The molecule has 0 aliphatic carbocycles. The number of hydrogen-bond acceptors (Lipinski definition) is 4. The largest absolute Gasteiger partial charge is 0.497 e. The van der Waals surface area contributed by atoms with Gasteiger partial charge in [-0.25, -0.2) is 4.39 Å². The first-order chi connectivity index (χ1) is 11.5. The van der Waals surface area contributed by atoms with E-state index in [0.717, 1.165) is 19.4 Å². The molecule has 134 valence electrons. The average molecular weight is 338 g/mol. The maximum atomic E-state index is 14.2. The summed E-state index contributed by atoms with van der Waals surface area (Å²) in [7, 11) is 4.86. The molecule has 0 aromatic heterocycles. The zero-order chi connectivity index (χ0) is 17.6. The van der Waals surface area contributed by atoms with Crippen LogP contribution in [0.1, 0.15) is 31.2 Å². The van der Waals surface area contributed by atoms with Crippen molar-refractivity contribution >= 4 is 5.91 Å². The third kappa shape index (κ3) is 4.68. The molecule has 1 heterocycles. The highest BCUT2D eigenvalue weighted by molar-refractivity contribution is 5.75. The molecule has 2 rings (SSSR count). The molecule has 1 atom stereocenters. The van der Waals surface area contributed by atoms with Crippen LogP contribution in [0.2, 0.25) is 0 Å². The molecule has 0 radical (unpaired) electrons. The lowest BCUT2D eigenvalue weighted by Crippen LogP contribution is -2.49. The van der Waals surface area contributed by atoms with Gasteiger partial charge >= 0.3 is 0 Å². The zero-order valence-corrected chi connectivity index (χ0v) is 14.7. The van der Waals surface area contributed by atoms with Crippen LogP contribution in [0.25, 0.3) is 0 Å². The molecular formula is C18H27FN2O3. The highest BCUT2D eigenvalue weighted by atomic mass is 19.1. The van der Waals surface area contributed by atoms with Crippen molar-refractivity contribution in [1.29, 1.82) is 0 Å². The van der Waals surface area contributed by atoms with Gasteiger partial charge < -0.3 is 14.8 Å². The van der Waals surface area contributed by atoms with Crippen LogP contribution < -0.4 is 10.1 Å². The number of hydrogen-bond donors (Lipinski definition) is 1. The van der Waals surface area contributed by atoms with E-state index in [1.165, 1.54) is 13.2 Å². The first kappa shape index (κ1) is 18.7. The van der Waals surface area contributed by atoms with Crippen molar-refractivity contribution in [3.05, 3.63) is 29.6 Å². The van der Waals surface area contributed by atoms with Crippen LogP contribution in [0.5, 0.6) is 5.75 Å². The number of amides is 1. The Morgan fingerprint density at radius 1 is 1.42 bits per heavy atom. The van der Waals surface area contributed by atoms with E-state index in [0.29, 0.717) is 37.2 Å². The molecule has 1 aliphatic rings. The van der Waals surface area contributed by atoms with Crippen LogP contribution >= 0.6 is 0 Å². The molecule has 0 unspecified atom stereocenters. The first-order valence-electron chi connectivity index (χ1n) is 8.32. The lowest BCUT2D eigenvalue weighted by atomic mass is 9.87. The number of likely N-dealkylation sites (tertiary alicyclic amines) is 1. The van der Waals surface area contributed by atoms with E-state index < -0.39 is 0 Å². The summed E-state index contributed by atoms with van der Waals surface area (Å²) in [5, 5.41) is 2.65. The Morgan fingerprint density at radius 3 is 2.83 bits per heavy atom. The highest BCUT2D eigenvalue weighted by Gasteiger charge is 2.35. The van der Waals surface area contributed by atoms with Gasteiger partial charge in [0.1, 0.15) is 11.6 Å². The van der Waals surface area contributed by atoms with Gasteiger partial charge in [0.15, 0.2) is 0 Å². The summed E-state index contributed by atoms with van der Waals surface area (Å²) < 4.78 is 25.0. The Labute approximate surface area is 143 Å². The minimum Gasteiger partial charge on any atom is -0.497 e. The molecule has 0 spiro atoms. The lowest BCUT2D eigenvalue weighted by Gasteiger charge is -2.42. The molecule has 0 bridgehead atoms. The molecule has 1 amide bonds. The Kier molecular flexibility index (Phi) is 6.57. The predicted molar refractivity (Wildman–Crippen MR) is 90.5 cm³/mol. The number of piperidine rings is 1. The topological polar surface area (TPSA) is 50.8 Å². The van der Waals surface area contributed by atoms with E-state index >= 15 is 0 Å². The van der Waals surface area contributed by atoms with Gasteiger partial charge in [-0.3, -0.25) is 9.69 Å². The van der Waals surface area contributed by atoms with Crippen LogP contribution in [0.4, 0.5) is 4.39 Å². The van der Waals surface area contributed by atoms with Gasteiger partial charge in [0.05, 0.1) is 12.7 Å². The van der Waals surface area contributed by atoms with Crippen LogP contribution in [-0.4, -0.2) is 50.8 Å². The van der Waals surface area contributed by atoms with Crippen molar-refractivity contribution < 1.29 is 18.7 Å². The first-order valence-corrected chi connectivity index (χ1v) is 8.32. The molecule has 0 saturated carbocycles. The maximum Gasteiger partial charge on any atom is 0.219 e. The number of carbonyl (C=O) groups is 1. The lowest BCUT2D eigenvalue weighted by molar-refractivity contribution is -0.124. The Balaban J connectivity index is 2.02. The summed E-state index contributed by atoms with van der Waals surface area (Å²) in [5.41, 5.74) is 0.308. The monoisotopic (exact) mass is 338 g/mol. The summed E-state index contributed by atoms with van der Waals surface area (Å²) in [4.78, 5) is 13.7. The number of benzene rings is 1. The second-order valence-electron chi connectivity index (χ2n) is 6.33. The number of nitrogens with zero attached hydrogens (tertiary/aromatic N) is 1. The van der Waals surface area contributed by atoms with Gasteiger partial charge in [0.25, 0.3) is 0 Å². The van der Waals surface area contributed by atoms with Crippen LogP contribution in [0.3, 0.4) is 0 Å². The van der Waals surface area contributed by atoms with Crippen molar-refractivity contribution in [2.24, 2.45) is 0 Å². The predicted octanol–water partition coefficient (Wildman–Crippen LogP) is 2.34. The SMILES string of the molecule is CNC(=O)CC[C@]1(OC)CCCN(Cc2ccc(OC)cc2F)C1. The van der Waals surface area contributed by atoms with E-state index in [-0.39, 0.29) is 17.3 Å². The summed E-state index contributed by atoms with van der Waals surface area (Å²) in [6.07, 6.45) is 3.00. The standard InChI is InChI=1S/C18H27FN2O3/c1-20-17(22)7-9-18(24-3)8-4-10-21(13-18)12-14-5-6-15(23-2)11-16(14)19/h5-6,11H,4,7-10,12-13H2,1-3H3,(H,20,22)/t18-/m1/s1. The number of ether oxygens (including phenoxy) is 2. The molecule has 5 nitrogen and oxygen atoms in total. The number of methoxy groups -OCH3 is 2. The summed E-state index contributed by atoms with van der Waals surface area (Å²) in [6, 6.07) is 4.95. The normalized spacial score (nSPS) is 21.5. The molecular weight excluding hydrogens is 311 g/mol. The van der Waals surface area contributed by atoms with E-state index in [1.54, 1.807) is 26.3 Å². The smallest absolute Gasteiger partial charge is 0.219 e. The fourth-order valence-corrected chi connectivity index (χ4v) is 3.29. The molecule has 24 heavy (non-hydrogen) atoms. The third-order valence-electron chi connectivity index (χ3n) is 4.79. The molecule has 1 aliphatic heterocycles. The zero-order valence-electron chi connectivity index (χ0n) is 14.7. The van der Waals surface area contributed by atoms with E-state index in [4.69, 9.17) is 9.47 Å². The molecule has 6 heteroatoms. The second kappa shape index (κ2) is 8.44. The van der Waals surface area contributed by atoms with Gasteiger partial charge in [-0.2, -0.15) is 0 Å². The molecule has 1 aromatic rings.